The Labute approximate surface area is 173 Å². The lowest BCUT2D eigenvalue weighted by atomic mass is 10.2. The summed E-state index contributed by atoms with van der Waals surface area (Å²) >= 11 is 6.92. The second-order valence-corrected chi connectivity index (χ2v) is 9.58. The van der Waals surface area contributed by atoms with Crippen molar-refractivity contribution in [1.82, 2.24) is 19.5 Å². The van der Waals surface area contributed by atoms with Crippen molar-refractivity contribution in [2.24, 2.45) is 0 Å². The monoisotopic (exact) mass is 455 g/mol. The highest BCUT2D eigenvalue weighted by molar-refractivity contribution is 7.89. The number of aromatic amines is 1. The van der Waals surface area contributed by atoms with Gasteiger partial charge in [0.05, 0.1) is 11.1 Å². The van der Waals surface area contributed by atoms with Crippen LogP contribution in [-0.2, 0) is 14.8 Å². The van der Waals surface area contributed by atoms with Crippen LogP contribution in [0.2, 0.25) is 5.02 Å². The molecule has 29 heavy (non-hydrogen) atoms. The minimum absolute atomic E-state index is 0.0285. The van der Waals surface area contributed by atoms with Gasteiger partial charge in [0.15, 0.2) is 5.13 Å². The molecule has 0 bridgehead atoms. The van der Waals surface area contributed by atoms with E-state index >= 15 is 0 Å². The molecule has 2 aromatic heterocycles. The smallest absolute Gasteiger partial charge is 0.323 e. The maximum absolute atomic E-state index is 13.0. The number of aliphatic carboxylic acids is 1. The van der Waals surface area contributed by atoms with Crippen LogP contribution >= 0.6 is 22.9 Å². The highest BCUT2D eigenvalue weighted by Gasteiger charge is 2.41. The number of H-pyrrole nitrogens is 1. The van der Waals surface area contributed by atoms with Crippen molar-refractivity contribution in [2.75, 3.05) is 24.5 Å². The second-order valence-electron chi connectivity index (χ2n) is 6.28. The summed E-state index contributed by atoms with van der Waals surface area (Å²) in [4.78, 5) is 29.7. The number of hydrogen-bond donors (Lipinski definition) is 2. The first kappa shape index (κ1) is 19.8. The summed E-state index contributed by atoms with van der Waals surface area (Å²) in [6.45, 7) is 0.0710. The third-order valence-corrected chi connectivity index (χ3v) is 7.81. The largest absolute Gasteiger partial charge is 0.480 e. The Morgan fingerprint density at radius 1 is 1.28 bits per heavy atom. The van der Waals surface area contributed by atoms with Crippen molar-refractivity contribution in [1.29, 1.82) is 0 Å². The number of anilines is 1. The van der Waals surface area contributed by atoms with Gasteiger partial charge >= 0.3 is 5.97 Å². The lowest BCUT2D eigenvalue weighted by Crippen LogP contribution is -2.58. The zero-order valence-corrected chi connectivity index (χ0v) is 17.0. The van der Waals surface area contributed by atoms with Gasteiger partial charge < -0.3 is 10.0 Å². The first-order valence-electron chi connectivity index (χ1n) is 8.37. The summed E-state index contributed by atoms with van der Waals surface area (Å²) in [7, 11) is -4.02. The lowest BCUT2D eigenvalue weighted by Gasteiger charge is -2.38. The van der Waals surface area contributed by atoms with Crippen molar-refractivity contribution in [3.8, 4) is 0 Å². The molecule has 0 spiro atoms. The fourth-order valence-electron chi connectivity index (χ4n) is 3.08. The number of piperazine rings is 1. The Kier molecular flexibility index (Phi) is 5.02. The van der Waals surface area contributed by atoms with Gasteiger partial charge in [0.2, 0.25) is 10.0 Å². The molecule has 0 radical (unpaired) electrons. The molecule has 1 aliphatic rings. The van der Waals surface area contributed by atoms with Crippen LogP contribution in [0, 0.1) is 0 Å². The molecule has 1 atom stereocenters. The number of benzene rings is 1. The van der Waals surface area contributed by atoms with E-state index in [9.17, 15) is 23.1 Å². The van der Waals surface area contributed by atoms with E-state index in [0.717, 1.165) is 15.6 Å². The molecule has 0 amide bonds. The number of nitrogens with zero attached hydrogens (tertiary/aromatic N) is 4. The number of carboxylic acid groups (broad SMARTS) is 1. The van der Waals surface area contributed by atoms with Gasteiger partial charge in [-0.3, -0.25) is 9.59 Å². The van der Waals surface area contributed by atoms with E-state index in [1.54, 1.807) is 4.90 Å². The summed E-state index contributed by atoms with van der Waals surface area (Å²) in [5.41, 5.74) is 0.0156. The maximum atomic E-state index is 13.0. The van der Waals surface area contributed by atoms with Crippen LogP contribution in [0.4, 0.5) is 5.13 Å². The Balaban J connectivity index is 1.65. The van der Waals surface area contributed by atoms with Crippen molar-refractivity contribution in [3.05, 3.63) is 45.8 Å². The number of carbonyl (C=O) groups is 1. The van der Waals surface area contributed by atoms with Crippen LogP contribution < -0.4 is 10.5 Å². The van der Waals surface area contributed by atoms with Crippen LogP contribution in [0.15, 0.2) is 40.2 Å². The standard InChI is InChI=1S/C16H14ClN5O5S2/c17-9-1-3-10(4-2-9)29(26,27)22-6-5-21(8-12(22)15(24)25)16-19-11-7-18-20-14(23)13(11)28-16/h1-4,7,12H,5-6,8H2,(H,20,23)(H,24,25)/t12-/m1/s1. The molecule has 152 valence electrons. The molecule has 0 aliphatic carbocycles. The van der Waals surface area contributed by atoms with Gasteiger partial charge in [0, 0.05) is 24.7 Å². The predicted octanol–water partition coefficient (Wildman–Crippen LogP) is 0.997. The Hall–Kier alpha value is -2.54. The van der Waals surface area contributed by atoms with E-state index in [0.29, 0.717) is 20.4 Å². The predicted molar refractivity (Wildman–Crippen MR) is 107 cm³/mol. The quantitative estimate of drug-likeness (QED) is 0.594. The molecule has 1 saturated heterocycles. The number of sulfonamides is 1. The van der Waals surface area contributed by atoms with Gasteiger partial charge in [-0.25, -0.2) is 18.5 Å². The zero-order valence-electron chi connectivity index (χ0n) is 14.6. The number of fused-ring (bicyclic) bond motifs is 1. The molecule has 1 aromatic carbocycles. The van der Waals surface area contributed by atoms with Crippen LogP contribution in [0.1, 0.15) is 0 Å². The molecule has 2 N–H and O–H groups in total. The van der Waals surface area contributed by atoms with Crippen molar-refractivity contribution >= 4 is 54.3 Å². The third kappa shape index (κ3) is 3.59. The molecular weight excluding hydrogens is 442 g/mol. The first-order valence-corrected chi connectivity index (χ1v) is 11.0. The number of thiazole rings is 1. The first-order chi connectivity index (χ1) is 13.8. The van der Waals surface area contributed by atoms with Crippen molar-refractivity contribution < 1.29 is 18.3 Å². The summed E-state index contributed by atoms with van der Waals surface area (Å²) in [5, 5.41) is 16.5. The molecule has 3 heterocycles. The second kappa shape index (κ2) is 7.37. The summed E-state index contributed by atoms with van der Waals surface area (Å²) in [5.74, 6) is -1.27. The van der Waals surface area contributed by atoms with E-state index < -0.39 is 22.0 Å². The average Bonchev–Trinajstić information content (AvgIpc) is 3.13. The van der Waals surface area contributed by atoms with Gasteiger partial charge in [0.1, 0.15) is 16.3 Å². The average molecular weight is 456 g/mol. The summed E-state index contributed by atoms with van der Waals surface area (Å²) < 4.78 is 27.3. The Bertz CT molecular complexity index is 1240. The summed E-state index contributed by atoms with van der Waals surface area (Å²) in [6.07, 6.45) is 1.41. The summed E-state index contributed by atoms with van der Waals surface area (Å²) in [6, 6.07) is 4.25. The molecule has 13 heteroatoms. The molecule has 0 unspecified atom stereocenters. The lowest BCUT2D eigenvalue weighted by molar-refractivity contribution is -0.141. The minimum Gasteiger partial charge on any atom is -0.480 e. The van der Waals surface area contributed by atoms with E-state index in [2.05, 4.69) is 15.2 Å². The fourth-order valence-corrected chi connectivity index (χ4v) is 5.73. The highest BCUT2D eigenvalue weighted by atomic mass is 35.5. The van der Waals surface area contributed by atoms with Crippen LogP contribution in [0.25, 0.3) is 10.2 Å². The zero-order chi connectivity index (χ0) is 20.8. The minimum atomic E-state index is -4.02. The van der Waals surface area contributed by atoms with Crippen molar-refractivity contribution in [3.63, 3.8) is 0 Å². The number of rotatable bonds is 4. The fraction of sp³-hybridized carbons (Fsp3) is 0.250. The normalized spacial score (nSPS) is 18.2. The van der Waals surface area contributed by atoms with Gasteiger partial charge in [-0.1, -0.05) is 22.9 Å². The number of halogens is 1. The Morgan fingerprint density at radius 3 is 2.66 bits per heavy atom. The third-order valence-electron chi connectivity index (χ3n) is 4.51. The number of nitrogens with one attached hydrogen (secondary N) is 1. The van der Waals surface area contributed by atoms with Crippen LogP contribution in [-0.4, -0.2) is 64.7 Å². The molecule has 1 fully saturated rings. The molecule has 3 aromatic rings. The van der Waals surface area contributed by atoms with Gasteiger partial charge in [-0.2, -0.15) is 9.40 Å². The molecular formula is C16H14ClN5O5S2. The van der Waals surface area contributed by atoms with Gasteiger partial charge in [-0.15, -0.1) is 0 Å². The number of hydrogen-bond acceptors (Lipinski definition) is 8. The Morgan fingerprint density at radius 2 is 2.00 bits per heavy atom. The van der Waals surface area contributed by atoms with Gasteiger partial charge in [0.25, 0.3) is 5.56 Å². The molecule has 0 saturated carbocycles. The maximum Gasteiger partial charge on any atom is 0.323 e. The molecule has 10 nitrogen and oxygen atoms in total. The number of carboxylic acids is 1. The SMILES string of the molecule is O=C(O)[C@H]1CN(c2nc3cn[nH]c(=O)c3s2)CCN1S(=O)(=O)c1ccc(Cl)cc1. The van der Waals surface area contributed by atoms with Crippen LogP contribution in [0.3, 0.4) is 0 Å². The number of aromatic nitrogens is 3. The highest BCUT2D eigenvalue weighted by Crippen LogP contribution is 2.30. The van der Waals surface area contributed by atoms with Gasteiger partial charge in [-0.05, 0) is 24.3 Å². The molecule has 1 aliphatic heterocycles. The molecule has 4 rings (SSSR count). The van der Waals surface area contributed by atoms with E-state index in [1.807, 2.05) is 0 Å². The topological polar surface area (TPSA) is 137 Å². The van der Waals surface area contributed by atoms with E-state index in [-0.39, 0.29) is 30.1 Å². The van der Waals surface area contributed by atoms with Crippen LogP contribution in [0.5, 0.6) is 0 Å². The van der Waals surface area contributed by atoms with Crippen molar-refractivity contribution in [2.45, 2.75) is 10.9 Å². The van der Waals surface area contributed by atoms with E-state index in [4.69, 9.17) is 11.6 Å². The van der Waals surface area contributed by atoms with E-state index in [1.165, 1.54) is 30.5 Å².